The molecule has 0 fully saturated rings. The zero-order chi connectivity index (χ0) is 15.2. The molecule has 0 aliphatic heterocycles. The van der Waals surface area contributed by atoms with Crippen LogP contribution in [0.3, 0.4) is 0 Å². The van der Waals surface area contributed by atoms with E-state index in [0.29, 0.717) is 23.3 Å². The highest BCUT2D eigenvalue weighted by atomic mass is 79.9. The predicted octanol–water partition coefficient (Wildman–Crippen LogP) is 1.91. The first kappa shape index (κ1) is 15.2. The molecule has 0 atom stereocenters. The molecule has 0 saturated carbocycles. The highest BCUT2D eigenvalue weighted by Gasteiger charge is 2.10. The lowest BCUT2D eigenvalue weighted by Gasteiger charge is -2.06. The van der Waals surface area contributed by atoms with Gasteiger partial charge in [-0.25, -0.2) is 0 Å². The highest BCUT2D eigenvalue weighted by molar-refractivity contribution is 9.10. The molecule has 2 rings (SSSR count). The summed E-state index contributed by atoms with van der Waals surface area (Å²) in [4.78, 5) is 27.5. The largest absolute Gasteiger partial charge is 0.444 e. The fourth-order valence-corrected chi connectivity index (χ4v) is 1.89. The molecule has 0 unspecified atom stereocenters. The monoisotopic (exact) mass is 351 g/mol. The lowest BCUT2D eigenvalue weighted by Crippen LogP contribution is -2.34. The van der Waals surface area contributed by atoms with Gasteiger partial charge in [0.1, 0.15) is 0 Å². The number of rotatable bonds is 5. The molecule has 2 amide bonds. The average Bonchev–Trinajstić information content (AvgIpc) is 2.90. The lowest BCUT2D eigenvalue weighted by molar-refractivity contribution is 0.0909. The quantitative estimate of drug-likeness (QED) is 0.805. The normalized spacial score (nSPS) is 10.2. The van der Waals surface area contributed by atoms with E-state index >= 15 is 0 Å². The van der Waals surface area contributed by atoms with Crippen molar-refractivity contribution in [1.82, 2.24) is 15.6 Å². The second-order valence-electron chi connectivity index (χ2n) is 4.30. The first-order valence-electron chi connectivity index (χ1n) is 6.30. The van der Waals surface area contributed by atoms with Crippen molar-refractivity contribution >= 4 is 27.7 Å². The van der Waals surface area contributed by atoms with Crippen LogP contribution >= 0.6 is 15.9 Å². The van der Waals surface area contributed by atoms with Crippen LogP contribution in [0.25, 0.3) is 0 Å². The summed E-state index contributed by atoms with van der Waals surface area (Å²) < 4.78 is 5.61. The van der Waals surface area contributed by atoms with Crippen molar-refractivity contribution in [3.8, 4) is 0 Å². The van der Waals surface area contributed by atoms with Gasteiger partial charge in [0.05, 0.1) is 5.56 Å². The van der Waals surface area contributed by atoms with E-state index in [2.05, 4.69) is 31.5 Å². The maximum absolute atomic E-state index is 11.8. The summed E-state index contributed by atoms with van der Waals surface area (Å²) in [5.41, 5.74) is 1.34. The van der Waals surface area contributed by atoms with Gasteiger partial charge in [0.2, 0.25) is 0 Å². The summed E-state index contributed by atoms with van der Waals surface area (Å²) in [6, 6.07) is 6.68. The maximum atomic E-state index is 11.8. The van der Waals surface area contributed by atoms with Gasteiger partial charge in [0.15, 0.2) is 10.4 Å². The molecule has 7 heteroatoms. The predicted molar refractivity (Wildman–Crippen MR) is 80.0 cm³/mol. The van der Waals surface area contributed by atoms with Crippen LogP contribution in [-0.4, -0.2) is 29.9 Å². The van der Waals surface area contributed by atoms with Crippen LogP contribution in [-0.2, 0) is 0 Å². The van der Waals surface area contributed by atoms with Crippen molar-refractivity contribution in [3.05, 3.63) is 52.1 Å². The third-order valence-electron chi connectivity index (χ3n) is 2.67. The van der Waals surface area contributed by atoms with Crippen LogP contribution in [0, 0.1) is 6.92 Å². The fourth-order valence-electron chi connectivity index (χ4n) is 1.58. The van der Waals surface area contributed by atoms with E-state index in [1.165, 1.54) is 6.20 Å². The molecule has 2 aromatic rings. The molecule has 21 heavy (non-hydrogen) atoms. The Hall–Kier alpha value is -2.15. The number of furan rings is 1. The number of pyridine rings is 1. The minimum atomic E-state index is -0.327. The third kappa shape index (κ3) is 4.42. The van der Waals surface area contributed by atoms with Crippen LogP contribution in [0.1, 0.15) is 26.6 Å². The number of hydrogen-bond donors (Lipinski definition) is 2. The summed E-state index contributed by atoms with van der Waals surface area (Å²) in [7, 11) is 0. The van der Waals surface area contributed by atoms with Gasteiger partial charge < -0.3 is 15.1 Å². The van der Waals surface area contributed by atoms with E-state index in [9.17, 15) is 9.59 Å². The van der Waals surface area contributed by atoms with Gasteiger partial charge in [-0.1, -0.05) is 0 Å². The van der Waals surface area contributed by atoms with Crippen LogP contribution in [0.5, 0.6) is 0 Å². The standard InChI is InChI=1S/C14H14BrN3O3/c1-9-2-3-10(8-18-9)13(19)16-6-7-17-14(20)11-4-5-12(15)21-11/h2-5,8H,6-7H2,1H3,(H,16,19)(H,17,20). The molecule has 0 aromatic carbocycles. The van der Waals surface area contributed by atoms with E-state index in [1.54, 1.807) is 24.3 Å². The smallest absolute Gasteiger partial charge is 0.287 e. The Bertz CT molecular complexity index is 637. The van der Waals surface area contributed by atoms with Gasteiger partial charge in [0.25, 0.3) is 11.8 Å². The zero-order valence-electron chi connectivity index (χ0n) is 11.4. The number of aryl methyl sites for hydroxylation is 1. The second-order valence-corrected chi connectivity index (χ2v) is 5.09. The van der Waals surface area contributed by atoms with Crippen molar-refractivity contribution in [1.29, 1.82) is 0 Å². The molecule has 2 N–H and O–H groups in total. The van der Waals surface area contributed by atoms with Gasteiger partial charge in [-0.2, -0.15) is 0 Å². The summed E-state index contributed by atoms with van der Waals surface area (Å²) in [5.74, 6) is -0.333. The number of nitrogens with zero attached hydrogens (tertiary/aromatic N) is 1. The van der Waals surface area contributed by atoms with E-state index in [-0.39, 0.29) is 17.6 Å². The summed E-state index contributed by atoms with van der Waals surface area (Å²) in [6.07, 6.45) is 1.52. The SMILES string of the molecule is Cc1ccc(C(=O)NCCNC(=O)c2ccc(Br)o2)cn1. The average molecular weight is 352 g/mol. The van der Waals surface area contributed by atoms with E-state index in [0.717, 1.165) is 5.69 Å². The minimum Gasteiger partial charge on any atom is -0.444 e. The van der Waals surface area contributed by atoms with Gasteiger partial charge in [0, 0.05) is 25.0 Å². The molecule has 0 spiro atoms. The van der Waals surface area contributed by atoms with Gasteiger partial charge in [-0.15, -0.1) is 0 Å². The molecule has 2 heterocycles. The van der Waals surface area contributed by atoms with Crippen LogP contribution < -0.4 is 10.6 Å². The number of hydrogen-bond acceptors (Lipinski definition) is 4. The Morgan fingerprint density at radius 3 is 2.43 bits per heavy atom. The maximum Gasteiger partial charge on any atom is 0.287 e. The topological polar surface area (TPSA) is 84.2 Å². The van der Waals surface area contributed by atoms with Crippen molar-refractivity contribution in [2.24, 2.45) is 0 Å². The highest BCUT2D eigenvalue weighted by Crippen LogP contribution is 2.13. The van der Waals surface area contributed by atoms with Crippen LogP contribution in [0.4, 0.5) is 0 Å². The Labute approximate surface area is 130 Å². The summed E-state index contributed by atoms with van der Waals surface area (Å²) in [5, 5.41) is 5.34. The van der Waals surface area contributed by atoms with Crippen molar-refractivity contribution < 1.29 is 14.0 Å². The molecule has 0 aliphatic carbocycles. The Balaban J connectivity index is 1.73. The minimum absolute atomic E-state index is 0.218. The number of carbonyl (C=O) groups is 2. The lowest BCUT2D eigenvalue weighted by atomic mass is 10.2. The third-order valence-corrected chi connectivity index (χ3v) is 3.09. The van der Waals surface area contributed by atoms with Crippen LogP contribution in [0.15, 0.2) is 39.5 Å². The molecule has 6 nitrogen and oxygen atoms in total. The van der Waals surface area contributed by atoms with E-state index < -0.39 is 0 Å². The molecular weight excluding hydrogens is 338 g/mol. The van der Waals surface area contributed by atoms with Crippen molar-refractivity contribution in [2.45, 2.75) is 6.92 Å². The number of nitrogens with one attached hydrogen (secondary N) is 2. The molecular formula is C14H14BrN3O3. The number of amides is 2. The fraction of sp³-hybridized carbons (Fsp3) is 0.214. The summed E-state index contributed by atoms with van der Waals surface area (Å²) >= 11 is 3.12. The van der Waals surface area contributed by atoms with Gasteiger partial charge in [-0.05, 0) is 47.1 Å². The van der Waals surface area contributed by atoms with E-state index in [1.807, 2.05) is 6.92 Å². The van der Waals surface area contributed by atoms with E-state index in [4.69, 9.17) is 4.42 Å². The number of halogens is 1. The molecule has 0 saturated heterocycles. The zero-order valence-corrected chi connectivity index (χ0v) is 12.9. The molecule has 0 aliphatic rings. The number of aromatic nitrogens is 1. The second kappa shape index (κ2) is 7.03. The first-order valence-corrected chi connectivity index (χ1v) is 7.10. The van der Waals surface area contributed by atoms with Gasteiger partial charge >= 0.3 is 0 Å². The first-order chi connectivity index (χ1) is 10.1. The van der Waals surface area contributed by atoms with Crippen LogP contribution in [0.2, 0.25) is 0 Å². The molecule has 110 valence electrons. The molecule has 2 aromatic heterocycles. The Morgan fingerprint density at radius 2 is 1.86 bits per heavy atom. The molecule has 0 bridgehead atoms. The summed E-state index contributed by atoms with van der Waals surface area (Å²) in [6.45, 7) is 2.48. The number of carbonyl (C=O) groups excluding carboxylic acids is 2. The Morgan fingerprint density at radius 1 is 1.14 bits per heavy atom. The Kier molecular flexibility index (Phi) is 5.10. The van der Waals surface area contributed by atoms with Crippen molar-refractivity contribution in [3.63, 3.8) is 0 Å². The molecule has 0 radical (unpaired) electrons. The van der Waals surface area contributed by atoms with Crippen molar-refractivity contribution in [2.75, 3.05) is 13.1 Å². The van der Waals surface area contributed by atoms with Gasteiger partial charge in [-0.3, -0.25) is 14.6 Å².